The van der Waals surface area contributed by atoms with Gasteiger partial charge in [0.1, 0.15) is 0 Å². The van der Waals surface area contributed by atoms with E-state index in [4.69, 9.17) is 0 Å². The Balaban J connectivity index is 0. The third-order valence-corrected chi connectivity index (χ3v) is 6.66. The first-order valence-electron chi connectivity index (χ1n) is 4.00. The molecule has 0 radical (unpaired) electrons. The number of halogens is 2. The fourth-order valence-corrected chi connectivity index (χ4v) is 2.94. The zero-order chi connectivity index (χ0) is 8.81. The van der Waals surface area contributed by atoms with Gasteiger partial charge in [0, 0.05) is 0 Å². The van der Waals surface area contributed by atoms with E-state index in [9.17, 15) is 0 Å². The van der Waals surface area contributed by atoms with Crippen molar-refractivity contribution in [3.63, 3.8) is 0 Å². The molecule has 13 heavy (non-hydrogen) atoms. The van der Waals surface area contributed by atoms with Gasteiger partial charge in [0.15, 0.2) is 0 Å². The second-order valence-electron chi connectivity index (χ2n) is 3.88. The topological polar surface area (TPSA) is 0 Å². The van der Waals surface area contributed by atoms with Gasteiger partial charge in [-0.25, -0.2) is 0 Å². The van der Waals surface area contributed by atoms with E-state index in [0.29, 0.717) is 5.41 Å². The van der Waals surface area contributed by atoms with Crippen molar-refractivity contribution in [2.24, 2.45) is 5.41 Å². The van der Waals surface area contributed by atoms with E-state index in [1.54, 1.807) is 14.5 Å². The summed E-state index contributed by atoms with van der Waals surface area (Å²) in [6.45, 7) is 11.5. The summed E-state index contributed by atoms with van der Waals surface area (Å²) in [7, 11) is 0. The summed E-state index contributed by atoms with van der Waals surface area (Å²) in [5, 5.41) is 0. The molecule has 0 fully saturated rings. The van der Waals surface area contributed by atoms with Crippen molar-refractivity contribution in [1.29, 1.82) is 0 Å². The molecule has 0 spiro atoms. The molecule has 0 atom stereocenters. The zero-order valence-electron chi connectivity index (χ0n) is 8.76. The van der Waals surface area contributed by atoms with Crippen molar-refractivity contribution in [3.05, 3.63) is 20.0 Å². The smallest absolute Gasteiger partial charge is 1.00 e. The molecule has 0 bridgehead atoms. The number of rotatable bonds is 0. The molecule has 0 saturated carbocycles. The van der Waals surface area contributed by atoms with Gasteiger partial charge >= 0.3 is 84.5 Å². The van der Waals surface area contributed by atoms with Crippen molar-refractivity contribution in [2.45, 2.75) is 34.6 Å². The van der Waals surface area contributed by atoms with E-state index >= 15 is 0 Å². The maximum Gasteiger partial charge on any atom is -1.00 e. The third kappa shape index (κ3) is 2.89. The Morgan fingerprint density at radius 3 is 1.38 bits per heavy atom. The van der Waals surface area contributed by atoms with Gasteiger partial charge < -0.3 is 48.0 Å². The fraction of sp³-hybridized carbons (Fsp3) is 0.600. The molecule has 0 aromatic carbocycles. The van der Waals surface area contributed by atoms with Crippen LogP contribution in [-0.4, -0.2) is 0 Å². The van der Waals surface area contributed by atoms with E-state index in [1.165, 1.54) is 29.9 Å². The quantitative estimate of drug-likeness (QED) is 0.219. The van der Waals surface area contributed by atoms with Crippen molar-refractivity contribution in [3.8, 4) is 0 Å². The molecule has 1 aliphatic rings. The van der Waals surface area contributed by atoms with Crippen LogP contribution in [0.1, 0.15) is 34.6 Å². The standard InChI is InChI=1S/C10H15.Hf.2HI/c1-7-6-10(4,5)9(3)8(7)2;;;/h1-5H3;;2*1H/q;+2;;/p-2. The predicted molar refractivity (Wildman–Crippen MR) is 44.9 cm³/mol. The summed E-state index contributed by atoms with van der Waals surface area (Å²) >= 11 is 1.21. The fourth-order valence-electron chi connectivity index (χ4n) is 1.59. The molecule has 0 unspecified atom stereocenters. The van der Waals surface area contributed by atoms with Crippen LogP contribution in [0.3, 0.4) is 0 Å². The van der Waals surface area contributed by atoms with Gasteiger partial charge in [-0.3, -0.25) is 0 Å². The van der Waals surface area contributed by atoms with Gasteiger partial charge in [-0.15, -0.1) is 0 Å². The largest absolute Gasteiger partial charge is 1.00 e. The Bertz CT molecular complexity index is 236. The average molecular weight is 568 g/mol. The maximum atomic E-state index is 2.34. The summed E-state index contributed by atoms with van der Waals surface area (Å²) in [5.41, 5.74) is 5.03. The van der Waals surface area contributed by atoms with Gasteiger partial charge in [-0.2, -0.15) is 0 Å². The number of allylic oxidation sites excluding steroid dienone is 4. The van der Waals surface area contributed by atoms with Crippen LogP contribution in [-0.2, 0) is 24.4 Å². The first kappa shape index (κ1) is 17.2. The molecule has 0 heterocycles. The van der Waals surface area contributed by atoms with Crippen molar-refractivity contribution < 1.29 is 72.3 Å². The van der Waals surface area contributed by atoms with Crippen LogP contribution in [0.5, 0.6) is 0 Å². The molecule has 1 rings (SSSR count). The van der Waals surface area contributed by atoms with Crippen molar-refractivity contribution in [1.82, 2.24) is 0 Å². The van der Waals surface area contributed by atoms with E-state index < -0.39 is 0 Å². The molecule has 0 nitrogen and oxygen atoms in total. The number of hydrogen-bond acceptors (Lipinski definition) is 0. The Morgan fingerprint density at radius 1 is 0.923 bits per heavy atom. The predicted octanol–water partition coefficient (Wildman–Crippen LogP) is -2.81. The van der Waals surface area contributed by atoms with Gasteiger partial charge in [0.2, 0.25) is 0 Å². The minimum Gasteiger partial charge on any atom is -1.00 e. The molecule has 0 saturated heterocycles. The molecule has 1 aliphatic carbocycles. The summed E-state index contributed by atoms with van der Waals surface area (Å²) < 4.78 is 1.67. The van der Waals surface area contributed by atoms with Crippen LogP contribution >= 0.6 is 0 Å². The molecule has 0 N–H and O–H groups in total. The van der Waals surface area contributed by atoms with Crippen LogP contribution in [0.2, 0.25) is 0 Å². The second-order valence-corrected chi connectivity index (χ2v) is 5.67. The molecule has 0 aliphatic heterocycles. The molecular weight excluding hydrogens is 552 g/mol. The molecule has 3 heteroatoms. The Hall–Kier alpha value is 1.81. The van der Waals surface area contributed by atoms with Gasteiger partial charge in [-0.1, -0.05) is 0 Å². The monoisotopic (exact) mass is 569 g/mol. The SMILES string of the molecule is CC1=C(C)C(C)(C)[C]([Hf+2])=C1C.[I-].[I-]. The average Bonchev–Trinajstić information content (AvgIpc) is 2.06. The second kappa shape index (κ2) is 5.77. The summed E-state index contributed by atoms with van der Waals surface area (Å²) in [6, 6.07) is 0. The Morgan fingerprint density at radius 2 is 1.31 bits per heavy atom. The molecular formula is C10H15HfI2. The van der Waals surface area contributed by atoms with E-state index in [0.717, 1.165) is 0 Å². The third-order valence-electron chi connectivity index (χ3n) is 3.06. The minimum absolute atomic E-state index is 0. The van der Waals surface area contributed by atoms with Crippen LogP contribution in [0.25, 0.3) is 0 Å². The first-order chi connectivity index (χ1) is 4.89. The van der Waals surface area contributed by atoms with Gasteiger partial charge in [-0.05, 0) is 0 Å². The zero-order valence-corrected chi connectivity index (χ0v) is 16.7. The van der Waals surface area contributed by atoms with Crippen LogP contribution < -0.4 is 48.0 Å². The van der Waals surface area contributed by atoms with Gasteiger partial charge in [0.05, 0.1) is 0 Å². The molecule has 0 amide bonds. The normalized spacial score (nSPS) is 19.9. The molecule has 0 aromatic heterocycles. The Kier molecular flexibility index (Phi) is 7.65. The van der Waals surface area contributed by atoms with Crippen LogP contribution in [0.15, 0.2) is 20.0 Å². The van der Waals surface area contributed by atoms with Crippen LogP contribution in [0.4, 0.5) is 0 Å². The molecule has 73 valence electrons. The summed E-state index contributed by atoms with van der Waals surface area (Å²) in [6.07, 6.45) is 0. The van der Waals surface area contributed by atoms with E-state index in [1.807, 2.05) is 0 Å². The van der Waals surface area contributed by atoms with E-state index in [-0.39, 0.29) is 48.0 Å². The van der Waals surface area contributed by atoms with Crippen molar-refractivity contribution in [2.75, 3.05) is 0 Å². The first-order valence-corrected chi connectivity index (χ1v) is 5.80. The van der Waals surface area contributed by atoms with Crippen molar-refractivity contribution >= 4 is 0 Å². The minimum atomic E-state index is 0. The van der Waals surface area contributed by atoms with Gasteiger partial charge in [0.25, 0.3) is 0 Å². The molecule has 0 aromatic rings. The summed E-state index contributed by atoms with van der Waals surface area (Å²) in [5.74, 6) is 0. The van der Waals surface area contributed by atoms with E-state index in [2.05, 4.69) is 34.6 Å². The summed E-state index contributed by atoms with van der Waals surface area (Å²) in [4.78, 5) is 0. The maximum absolute atomic E-state index is 2.34. The van der Waals surface area contributed by atoms with Crippen LogP contribution in [0, 0.1) is 5.41 Å². The number of hydrogen-bond donors (Lipinski definition) is 0. The Labute approximate surface area is 131 Å².